The second kappa shape index (κ2) is 7.43. The fourth-order valence-electron chi connectivity index (χ4n) is 3.89. The molecule has 7 nitrogen and oxygen atoms in total. The van der Waals surface area contributed by atoms with Gasteiger partial charge in [0.05, 0.1) is 0 Å². The molecule has 0 saturated carbocycles. The van der Waals surface area contributed by atoms with Gasteiger partial charge in [-0.1, -0.05) is 6.92 Å². The molecule has 1 amide bonds. The number of carbonyl (C=O) groups excluding carboxylic acids is 1. The lowest BCUT2D eigenvalue weighted by atomic mass is 9.92. The standard InChI is InChI=1S/C19H26N6O/c1-15-2-7-24(8-3-15)19(26)16-4-9-23(10-5-16)17-12-18(22-13-21-17)25-11-6-20-14-25/h6,11-16H,2-5,7-10H2,1H3. The first-order valence-corrected chi connectivity index (χ1v) is 9.55. The highest BCUT2D eigenvalue weighted by Crippen LogP contribution is 2.26. The first-order chi connectivity index (χ1) is 12.7. The fourth-order valence-corrected chi connectivity index (χ4v) is 3.89. The van der Waals surface area contributed by atoms with E-state index in [0.717, 1.165) is 69.4 Å². The van der Waals surface area contributed by atoms with E-state index in [4.69, 9.17) is 0 Å². The largest absolute Gasteiger partial charge is 0.356 e. The van der Waals surface area contributed by atoms with Crippen LogP contribution >= 0.6 is 0 Å². The predicted octanol–water partition coefficient (Wildman–Crippen LogP) is 2.14. The Morgan fingerprint density at radius 1 is 1.04 bits per heavy atom. The first-order valence-electron chi connectivity index (χ1n) is 9.55. The average Bonchev–Trinajstić information content (AvgIpc) is 3.23. The molecule has 0 aromatic carbocycles. The van der Waals surface area contributed by atoms with E-state index in [2.05, 4.69) is 31.7 Å². The van der Waals surface area contributed by atoms with E-state index in [1.165, 1.54) is 0 Å². The van der Waals surface area contributed by atoms with Gasteiger partial charge < -0.3 is 9.80 Å². The third-order valence-corrected chi connectivity index (χ3v) is 5.67. The lowest BCUT2D eigenvalue weighted by Crippen LogP contribution is -2.45. The molecule has 0 unspecified atom stereocenters. The lowest BCUT2D eigenvalue weighted by Gasteiger charge is -2.37. The third-order valence-electron chi connectivity index (χ3n) is 5.67. The summed E-state index contributed by atoms with van der Waals surface area (Å²) < 4.78 is 1.87. The maximum Gasteiger partial charge on any atom is 0.225 e. The zero-order valence-electron chi connectivity index (χ0n) is 15.3. The van der Waals surface area contributed by atoms with Crippen molar-refractivity contribution in [1.82, 2.24) is 24.4 Å². The van der Waals surface area contributed by atoms with Gasteiger partial charge in [0, 0.05) is 50.6 Å². The molecule has 26 heavy (non-hydrogen) atoms. The minimum atomic E-state index is 0.162. The highest BCUT2D eigenvalue weighted by molar-refractivity contribution is 5.79. The molecule has 2 fully saturated rings. The summed E-state index contributed by atoms with van der Waals surface area (Å²) in [6, 6.07) is 1.98. The zero-order chi connectivity index (χ0) is 17.9. The quantitative estimate of drug-likeness (QED) is 0.845. The molecule has 0 N–H and O–H groups in total. The minimum absolute atomic E-state index is 0.162. The summed E-state index contributed by atoms with van der Waals surface area (Å²) in [6.07, 6.45) is 11.0. The second-order valence-corrected chi connectivity index (χ2v) is 7.47. The Balaban J connectivity index is 1.36. The molecule has 2 aliphatic heterocycles. The molecule has 0 radical (unpaired) electrons. The number of hydrogen-bond donors (Lipinski definition) is 0. The van der Waals surface area contributed by atoms with Crippen molar-refractivity contribution in [2.75, 3.05) is 31.1 Å². The molecular formula is C19H26N6O. The monoisotopic (exact) mass is 354 g/mol. The molecular weight excluding hydrogens is 328 g/mol. The van der Waals surface area contributed by atoms with Crippen molar-refractivity contribution in [1.29, 1.82) is 0 Å². The molecule has 138 valence electrons. The van der Waals surface area contributed by atoms with E-state index >= 15 is 0 Å². The molecule has 2 aromatic heterocycles. The number of nitrogens with zero attached hydrogens (tertiary/aromatic N) is 6. The Bertz CT molecular complexity index is 730. The zero-order valence-corrected chi connectivity index (χ0v) is 15.3. The van der Waals surface area contributed by atoms with E-state index in [1.807, 2.05) is 16.8 Å². The fraction of sp³-hybridized carbons (Fsp3) is 0.579. The van der Waals surface area contributed by atoms with Gasteiger partial charge in [-0.25, -0.2) is 15.0 Å². The number of aromatic nitrogens is 4. The summed E-state index contributed by atoms with van der Waals surface area (Å²) in [5, 5.41) is 0. The van der Waals surface area contributed by atoms with Crippen LogP contribution in [0.4, 0.5) is 5.82 Å². The number of carbonyl (C=O) groups is 1. The van der Waals surface area contributed by atoms with Crippen molar-refractivity contribution >= 4 is 11.7 Å². The number of amides is 1. The van der Waals surface area contributed by atoms with Gasteiger partial charge in [0.15, 0.2) is 0 Å². The van der Waals surface area contributed by atoms with Gasteiger partial charge in [-0.05, 0) is 31.6 Å². The Hall–Kier alpha value is -2.44. The first kappa shape index (κ1) is 17.0. The second-order valence-electron chi connectivity index (χ2n) is 7.47. The molecule has 2 aliphatic rings. The number of likely N-dealkylation sites (tertiary alicyclic amines) is 1. The van der Waals surface area contributed by atoms with Gasteiger partial charge in [0.25, 0.3) is 0 Å². The van der Waals surface area contributed by atoms with Crippen LogP contribution in [0.1, 0.15) is 32.6 Å². The van der Waals surface area contributed by atoms with Gasteiger partial charge >= 0.3 is 0 Å². The number of rotatable bonds is 3. The van der Waals surface area contributed by atoms with Crippen LogP contribution in [0.15, 0.2) is 31.1 Å². The van der Waals surface area contributed by atoms with Gasteiger partial charge in [-0.2, -0.15) is 0 Å². The van der Waals surface area contributed by atoms with Crippen molar-refractivity contribution in [3.8, 4) is 5.82 Å². The summed E-state index contributed by atoms with van der Waals surface area (Å²) in [7, 11) is 0. The Labute approximate surface area is 154 Å². The third kappa shape index (κ3) is 3.57. The van der Waals surface area contributed by atoms with Crippen molar-refractivity contribution in [2.24, 2.45) is 11.8 Å². The van der Waals surface area contributed by atoms with Crippen molar-refractivity contribution in [3.05, 3.63) is 31.1 Å². The number of piperidine rings is 2. The molecule has 2 aromatic rings. The molecule has 7 heteroatoms. The van der Waals surface area contributed by atoms with Crippen molar-refractivity contribution in [2.45, 2.75) is 32.6 Å². The van der Waals surface area contributed by atoms with Gasteiger partial charge in [-0.15, -0.1) is 0 Å². The lowest BCUT2D eigenvalue weighted by molar-refractivity contribution is -0.137. The molecule has 0 aliphatic carbocycles. The summed E-state index contributed by atoms with van der Waals surface area (Å²) in [5.41, 5.74) is 0. The Kier molecular flexibility index (Phi) is 4.86. The number of hydrogen-bond acceptors (Lipinski definition) is 5. The Morgan fingerprint density at radius 2 is 1.77 bits per heavy atom. The molecule has 2 saturated heterocycles. The normalized spacial score (nSPS) is 19.7. The highest BCUT2D eigenvalue weighted by atomic mass is 16.2. The highest BCUT2D eigenvalue weighted by Gasteiger charge is 2.30. The SMILES string of the molecule is CC1CCN(C(=O)C2CCN(c3cc(-n4ccnc4)ncn3)CC2)CC1. The summed E-state index contributed by atoms with van der Waals surface area (Å²) >= 11 is 0. The van der Waals surface area contributed by atoms with Crippen molar-refractivity contribution in [3.63, 3.8) is 0 Å². The van der Waals surface area contributed by atoms with Crippen LogP contribution in [0.25, 0.3) is 5.82 Å². The van der Waals surface area contributed by atoms with Crippen LogP contribution in [0, 0.1) is 11.8 Å². The number of imidazole rings is 1. The van der Waals surface area contributed by atoms with Crippen molar-refractivity contribution < 1.29 is 4.79 Å². The summed E-state index contributed by atoms with van der Waals surface area (Å²) in [6.45, 7) is 5.86. The minimum Gasteiger partial charge on any atom is -0.356 e. The van der Waals surface area contributed by atoms with Crippen LogP contribution in [0.3, 0.4) is 0 Å². The van der Waals surface area contributed by atoms with E-state index in [0.29, 0.717) is 5.91 Å². The summed E-state index contributed by atoms with van der Waals surface area (Å²) in [4.78, 5) is 29.9. The predicted molar refractivity (Wildman–Crippen MR) is 99.1 cm³/mol. The number of anilines is 1. The van der Waals surface area contributed by atoms with E-state index in [1.54, 1.807) is 18.9 Å². The average molecular weight is 354 g/mol. The molecule has 4 heterocycles. The van der Waals surface area contributed by atoms with E-state index < -0.39 is 0 Å². The van der Waals surface area contributed by atoms with Crippen LogP contribution < -0.4 is 4.90 Å². The van der Waals surface area contributed by atoms with E-state index in [9.17, 15) is 4.79 Å². The molecule has 0 bridgehead atoms. The van der Waals surface area contributed by atoms with Crippen LogP contribution in [0.2, 0.25) is 0 Å². The molecule has 0 spiro atoms. The maximum atomic E-state index is 12.8. The Morgan fingerprint density at radius 3 is 2.46 bits per heavy atom. The van der Waals surface area contributed by atoms with E-state index in [-0.39, 0.29) is 5.92 Å². The summed E-state index contributed by atoms with van der Waals surface area (Å²) in [5.74, 6) is 3.01. The van der Waals surface area contributed by atoms with Crippen LogP contribution in [-0.4, -0.2) is 56.5 Å². The maximum absolute atomic E-state index is 12.8. The molecule has 0 atom stereocenters. The van der Waals surface area contributed by atoms with Gasteiger partial charge in [0.1, 0.15) is 24.3 Å². The topological polar surface area (TPSA) is 67.2 Å². The van der Waals surface area contributed by atoms with Gasteiger partial charge in [0.2, 0.25) is 5.91 Å². The van der Waals surface area contributed by atoms with Crippen LogP contribution in [-0.2, 0) is 4.79 Å². The molecule has 4 rings (SSSR count). The smallest absolute Gasteiger partial charge is 0.225 e. The van der Waals surface area contributed by atoms with Crippen LogP contribution in [0.5, 0.6) is 0 Å². The van der Waals surface area contributed by atoms with Gasteiger partial charge in [-0.3, -0.25) is 9.36 Å².